The molecular weight excluding hydrogens is 198 g/mol. The molecule has 2 atom stereocenters. The summed E-state index contributed by atoms with van der Waals surface area (Å²) < 4.78 is 1.97. The predicted octanol–water partition coefficient (Wildman–Crippen LogP) is 2.49. The SMILES string of the molecule is CCCn1ncnc1CC(C)C(C)Cl. The van der Waals surface area contributed by atoms with Crippen LogP contribution in [-0.2, 0) is 13.0 Å². The van der Waals surface area contributed by atoms with Crippen LogP contribution in [0, 0.1) is 5.92 Å². The van der Waals surface area contributed by atoms with Gasteiger partial charge in [0.25, 0.3) is 0 Å². The minimum absolute atomic E-state index is 0.182. The topological polar surface area (TPSA) is 30.7 Å². The van der Waals surface area contributed by atoms with Crippen LogP contribution in [0.5, 0.6) is 0 Å². The van der Waals surface area contributed by atoms with Crippen molar-refractivity contribution in [2.75, 3.05) is 0 Å². The van der Waals surface area contributed by atoms with Gasteiger partial charge in [0.1, 0.15) is 12.2 Å². The van der Waals surface area contributed by atoms with Gasteiger partial charge in [0.05, 0.1) is 0 Å². The molecule has 0 aliphatic carbocycles. The van der Waals surface area contributed by atoms with E-state index in [1.54, 1.807) is 6.33 Å². The van der Waals surface area contributed by atoms with E-state index in [2.05, 4.69) is 23.9 Å². The predicted molar refractivity (Wildman–Crippen MR) is 58.5 cm³/mol. The quantitative estimate of drug-likeness (QED) is 0.707. The summed E-state index contributed by atoms with van der Waals surface area (Å²) in [6.07, 6.45) is 3.61. The van der Waals surface area contributed by atoms with Crippen molar-refractivity contribution in [3.63, 3.8) is 0 Å². The maximum absolute atomic E-state index is 6.02. The maximum atomic E-state index is 6.02. The van der Waals surface area contributed by atoms with Gasteiger partial charge in [-0.2, -0.15) is 5.10 Å². The molecule has 0 radical (unpaired) electrons. The molecule has 1 rings (SSSR count). The first-order valence-electron chi connectivity index (χ1n) is 5.15. The summed E-state index contributed by atoms with van der Waals surface area (Å²) in [5.41, 5.74) is 0. The number of hydrogen-bond acceptors (Lipinski definition) is 2. The van der Waals surface area contributed by atoms with E-state index in [1.165, 1.54) is 0 Å². The van der Waals surface area contributed by atoms with Crippen LogP contribution in [0.2, 0.25) is 0 Å². The second kappa shape index (κ2) is 5.35. The van der Waals surface area contributed by atoms with Crippen molar-refractivity contribution in [1.29, 1.82) is 0 Å². The smallest absolute Gasteiger partial charge is 0.138 e. The Morgan fingerprint density at radius 1 is 1.50 bits per heavy atom. The summed E-state index contributed by atoms with van der Waals surface area (Å²) in [5, 5.41) is 4.36. The highest BCUT2D eigenvalue weighted by molar-refractivity contribution is 6.20. The Bertz CT molecular complexity index is 270. The van der Waals surface area contributed by atoms with E-state index in [9.17, 15) is 0 Å². The average Bonchev–Trinajstić information content (AvgIpc) is 2.53. The first-order chi connectivity index (χ1) is 6.65. The van der Waals surface area contributed by atoms with Gasteiger partial charge in [-0.05, 0) is 19.3 Å². The molecule has 0 amide bonds. The zero-order valence-electron chi connectivity index (χ0n) is 9.07. The van der Waals surface area contributed by atoms with E-state index < -0.39 is 0 Å². The second-order valence-electron chi connectivity index (χ2n) is 3.76. The van der Waals surface area contributed by atoms with Gasteiger partial charge in [-0.25, -0.2) is 4.98 Å². The molecule has 4 heteroatoms. The first-order valence-corrected chi connectivity index (χ1v) is 5.59. The molecule has 0 aromatic carbocycles. The highest BCUT2D eigenvalue weighted by Gasteiger charge is 2.13. The summed E-state index contributed by atoms with van der Waals surface area (Å²) in [7, 11) is 0. The van der Waals surface area contributed by atoms with Crippen LogP contribution in [0.15, 0.2) is 6.33 Å². The second-order valence-corrected chi connectivity index (χ2v) is 4.45. The van der Waals surface area contributed by atoms with Gasteiger partial charge in [-0.3, -0.25) is 4.68 Å². The van der Waals surface area contributed by atoms with Gasteiger partial charge in [0.15, 0.2) is 0 Å². The monoisotopic (exact) mass is 215 g/mol. The van der Waals surface area contributed by atoms with Gasteiger partial charge in [0.2, 0.25) is 0 Å². The zero-order valence-corrected chi connectivity index (χ0v) is 9.83. The summed E-state index contributed by atoms with van der Waals surface area (Å²) in [4.78, 5) is 4.25. The fourth-order valence-corrected chi connectivity index (χ4v) is 1.38. The Morgan fingerprint density at radius 3 is 2.79 bits per heavy atom. The molecule has 0 fully saturated rings. The van der Waals surface area contributed by atoms with E-state index in [1.807, 2.05) is 11.6 Å². The van der Waals surface area contributed by atoms with Crippen LogP contribution in [0.4, 0.5) is 0 Å². The lowest BCUT2D eigenvalue weighted by atomic mass is 10.0. The van der Waals surface area contributed by atoms with Crippen LogP contribution >= 0.6 is 11.6 Å². The largest absolute Gasteiger partial charge is 0.250 e. The molecule has 1 heterocycles. The number of hydrogen-bond donors (Lipinski definition) is 0. The highest BCUT2D eigenvalue weighted by Crippen LogP contribution is 2.14. The third-order valence-corrected chi connectivity index (χ3v) is 2.85. The van der Waals surface area contributed by atoms with Crippen LogP contribution in [0.3, 0.4) is 0 Å². The minimum atomic E-state index is 0.182. The van der Waals surface area contributed by atoms with Crippen LogP contribution < -0.4 is 0 Å². The summed E-state index contributed by atoms with van der Waals surface area (Å²) >= 11 is 6.02. The molecule has 0 aliphatic heterocycles. The van der Waals surface area contributed by atoms with Crippen molar-refractivity contribution in [3.05, 3.63) is 12.2 Å². The van der Waals surface area contributed by atoms with Crippen molar-refractivity contribution in [3.8, 4) is 0 Å². The Kier molecular flexibility index (Phi) is 4.39. The molecule has 0 spiro atoms. The highest BCUT2D eigenvalue weighted by atomic mass is 35.5. The van der Waals surface area contributed by atoms with Gasteiger partial charge in [-0.1, -0.05) is 13.8 Å². The lowest BCUT2D eigenvalue weighted by Gasteiger charge is -2.13. The molecule has 0 aliphatic rings. The van der Waals surface area contributed by atoms with E-state index in [-0.39, 0.29) is 5.38 Å². The van der Waals surface area contributed by atoms with Crippen molar-refractivity contribution < 1.29 is 0 Å². The van der Waals surface area contributed by atoms with E-state index >= 15 is 0 Å². The minimum Gasteiger partial charge on any atom is -0.250 e. The third kappa shape index (κ3) is 2.98. The van der Waals surface area contributed by atoms with Crippen molar-refractivity contribution >= 4 is 11.6 Å². The molecule has 3 nitrogen and oxygen atoms in total. The number of halogens is 1. The molecule has 0 saturated heterocycles. The van der Waals surface area contributed by atoms with E-state index in [0.717, 1.165) is 25.2 Å². The standard InChI is InChI=1S/C10H18ClN3/c1-4-5-14-10(12-7-13-14)6-8(2)9(3)11/h7-9H,4-6H2,1-3H3. The van der Waals surface area contributed by atoms with Gasteiger partial charge in [0, 0.05) is 18.3 Å². The zero-order chi connectivity index (χ0) is 10.6. The number of alkyl halides is 1. The molecule has 14 heavy (non-hydrogen) atoms. The van der Waals surface area contributed by atoms with Crippen LogP contribution in [0.1, 0.15) is 33.0 Å². The van der Waals surface area contributed by atoms with Gasteiger partial charge in [-0.15, -0.1) is 11.6 Å². The molecule has 0 saturated carbocycles. The van der Waals surface area contributed by atoms with Crippen LogP contribution in [-0.4, -0.2) is 20.1 Å². The molecule has 80 valence electrons. The molecular formula is C10H18ClN3. The Morgan fingerprint density at radius 2 is 2.21 bits per heavy atom. The third-order valence-electron chi connectivity index (χ3n) is 2.42. The number of nitrogens with zero attached hydrogens (tertiary/aromatic N) is 3. The van der Waals surface area contributed by atoms with E-state index in [0.29, 0.717) is 5.92 Å². The molecule has 1 aromatic heterocycles. The molecule has 0 N–H and O–H groups in total. The maximum Gasteiger partial charge on any atom is 0.138 e. The fourth-order valence-electron chi connectivity index (χ4n) is 1.30. The number of rotatable bonds is 5. The Balaban J connectivity index is 2.61. The number of aryl methyl sites for hydroxylation is 1. The first kappa shape index (κ1) is 11.5. The van der Waals surface area contributed by atoms with Gasteiger partial charge >= 0.3 is 0 Å². The Labute approximate surface area is 90.5 Å². The van der Waals surface area contributed by atoms with Crippen molar-refractivity contribution in [2.24, 2.45) is 5.92 Å². The lowest BCUT2D eigenvalue weighted by molar-refractivity contribution is 0.501. The Hall–Kier alpha value is -0.570. The lowest BCUT2D eigenvalue weighted by Crippen LogP contribution is -2.15. The van der Waals surface area contributed by atoms with Crippen molar-refractivity contribution in [1.82, 2.24) is 14.8 Å². The van der Waals surface area contributed by atoms with Crippen LogP contribution in [0.25, 0.3) is 0 Å². The molecule has 1 aromatic rings. The van der Waals surface area contributed by atoms with Crippen molar-refractivity contribution in [2.45, 2.75) is 45.5 Å². The summed E-state index contributed by atoms with van der Waals surface area (Å²) in [5.74, 6) is 1.49. The molecule has 2 unspecified atom stereocenters. The summed E-state index contributed by atoms with van der Waals surface area (Å²) in [6.45, 7) is 7.24. The summed E-state index contributed by atoms with van der Waals surface area (Å²) in [6, 6.07) is 0. The fraction of sp³-hybridized carbons (Fsp3) is 0.800. The van der Waals surface area contributed by atoms with Gasteiger partial charge < -0.3 is 0 Å². The molecule has 0 bridgehead atoms. The number of aromatic nitrogens is 3. The average molecular weight is 216 g/mol. The normalized spacial score (nSPS) is 15.4. The van der Waals surface area contributed by atoms with E-state index in [4.69, 9.17) is 11.6 Å².